The molecule has 19 heavy (non-hydrogen) atoms. The molecule has 0 aliphatic rings. The predicted molar refractivity (Wildman–Crippen MR) is 85.7 cm³/mol. The molecule has 0 saturated carbocycles. The Hall–Kier alpha value is -1.20. The van der Waals surface area contributed by atoms with Gasteiger partial charge in [-0.15, -0.1) is 0 Å². The first-order valence-corrected chi connectivity index (χ1v) is 7.07. The second-order valence-corrected chi connectivity index (χ2v) is 5.32. The molecule has 1 heterocycles. The molecule has 1 rings (SSSR count). The lowest BCUT2D eigenvalue weighted by atomic mass is 10.1. The van der Waals surface area contributed by atoms with E-state index >= 15 is 0 Å². The van der Waals surface area contributed by atoms with E-state index in [0.29, 0.717) is 11.0 Å². The second kappa shape index (κ2) is 7.40. The first kappa shape index (κ1) is 15.9. The second-order valence-electron chi connectivity index (χ2n) is 4.88. The Morgan fingerprint density at radius 2 is 2.26 bits per heavy atom. The van der Waals surface area contributed by atoms with Gasteiger partial charge < -0.3 is 16.0 Å². The van der Waals surface area contributed by atoms with Crippen molar-refractivity contribution in [1.82, 2.24) is 9.88 Å². The Morgan fingerprint density at radius 3 is 2.84 bits per heavy atom. The fourth-order valence-corrected chi connectivity index (χ4v) is 2.14. The fourth-order valence-electron chi connectivity index (χ4n) is 1.89. The Balaban J connectivity index is 2.64. The van der Waals surface area contributed by atoms with E-state index in [2.05, 4.69) is 36.1 Å². The molecule has 1 aromatic heterocycles. The maximum atomic E-state index is 5.76. The van der Waals surface area contributed by atoms with E-state index in [4.69, 9.17) is 18.0 Å². The summed E-state index contributed by atoms with van der Waals surface area (Å²) >= 11 is 5.09. The van der Waals surface area contributed by atoms with E-state index in [-0.39, 0.29) is 0 Å². The third kappa shape index (κ3) is 4.44. The number of pyridine rings is 1. The molecule has 0 aliphatic heterocycles. The number of aromatic nitrogens is 1. The van der Waals surface area contributed by atoms with Gasteiger partial charge in [0.2, 0.25) is 0 Å². The Labute approximate surface area is 121 Å². The van der Waals surface area contributed by atoms with Crippen molar-refractivity contribution in [2.45, 2.75) is 33.2 Å². The summed E-state index contributed by atoms with van der Waals surface area (Å²) in [6, 6.07) is 2.51. The highest BCUT2D eigenvalue weighted by atomic mass is 32.1. The first-order valence-electron chi connectivity index (χ1n) is 6.66. The summed E-state index contributed by atoms with van der Waals surface area (Å²) in [5.74, 6) is 0.782. The van der Waals surface area contributed by atoms with Crippen LogP contribution < -0.4 is 11.1 Å². The van der Waals surface area contributed by atoms with E-state index < -0.39 is 0 Å². The van der Waals surface area contributed by atoms with Crippen LogP contribution in [0.1, 0.15) is 31.4 Å². The number of hydrogen-bond donors (Lipinski definition) is 2. The average Bonchev–Trinajstić information content (AvgIpc) is 2.37. The van der Waals surface area contributed by atoms with Crippen LogP contribution in [0.25, 0.3) is 0 Å². The van der Waals surface area contributed by atoms with Crippen LogP contribution in [0.15, 0.2) is 12.3 Å². The van der Waals surface area contributed by atoms with Crippen molar-refractivity contribution in [3.05, 3.63) is 23.4 Å². The molecule has 0 aromatic carbocycles. The van der Waals surface area contributed by atoms with E-state index in [9.17, 15) is 0 Å². The lowest BCUT2D eigenvalue weighted by Gasteiger charge is -2.23. The number of hydrogen-bond acceptors (Lipinski definition) is 4. The third-order valence-electron chi connectivity index (χ3n) is 3.51. The molecule has 3 N–H and O–H groups in total. The van der Waals surface area contributed by atoms with Crippen LogP contribution in [0.2, 0.25) is 0 Å². The highest BCUT2D eigenvalue weighted by molar-refractivity contribution is 7.80. The molecule has 0 spiro atoms. The summed E-state index contributed by atoms with van der Waals surface area (Å²) in [7, 11) is 2.13. The third-order valence-corrected chi connectivity index (χ3v) is 3.71. The minimum Gasteiger partial charge on any atom is -0.389 e. The Kier molecular flexibility index (Phi) is 6.18. The van der Waals surface area contributed by atoms with E-state index in [1.807, 2.05) is 13.0 Å². The SMILES string of the molecule is CCC(C)N(C)CCNc1nccc(C)c1C(N)=S. The van der Waals surface area contributed by atoms with E-state index in [1.54, 1.807) is 6.20 Å². The summed E-state index contributed by atoms with van der Waals surface area (Å²) in [6.45, 7) is 8.20. The molecule has 0 bridgehead atoms. The molecule has 1 atom stereocenters. The van der Waals surface area contributed by atoms with Gasteiger partial charge in [0, 0.05) is 25.3 Å². The number of nitrogens with one attached hydrogen (secondary N) is 1. The van der Waals surface area contributed by atoms with Gasteiger partial charge in [0.05, 0.1) is 5.56 Å². The minimum absolute atomic E-state index is 0.392. The molecule has 1 aromatic rings. The van der Waals surface area contributed by atoms with Crippen LogP contribution >= 0.6 is 12.2 Å². The zero-order valence-electron chi connectivity index (χ0n) is 12.2. The van der Waals surface area contributed by atoms with Crippen molar-refractivity contribution in [1.29, 1.82) is 0 Å². The van der Waals surface area contributed by atoms with Crippen LogP contribution in [-0.4, -0.2) is 41.1 Å². The van der Waals surface area contributed by atoms with Crippen molar-refractivity contribution in [2.24, 2.45) is 5.73 Å². The zero-order chi connectivity index (χ0) is 14.4. The first-order chi connectivity index (χ1) is 8.97. The maximum Gasteiger partial charge on any atom is 0.136 e. The van der Waals surface area contributed by atoms with Crippen molar-refractivity contribution >= 4 is 23.0 Å². The van der Waals surface area contributed by atoms with Crippen molar-refractivity contribution < 1.29 is 0 Å². The normalized spacial score (nSPS) is 12.5. The van der Waals surface area contributed by atoms with Crippen LogP contribution in [-0.2, 0) is 0 Å². The van der Waals surface area contributed by atoms with E-state index in [1.165, 1.54) is 0 Å². The number of anilines is 1. The summed E-state index contributed by atoms with van der Waals surface area (Å²) in [4.78, 5) is 7.04. The van der Waals surface area contributed by atoms with Crippen LogP contribution in [0.5, 0.6) is 0 Å². The van der Waals surface area contributed by atoms with Crippen LogP contribution in [0.3, 0.4) is 0 Å². The summed E-state index contributed by atoms with van der Waals surface area (Å²) in [5.41, 5.74) is 7.66. The number of nitrogens with two attached hydrogens (primary N) is 1. The number of thiocarbonyl (C=S) groups is 1. The quantitative estimate of drug-likeness (QED) is 0.750. The summed E-state index contributed by atoms with van der Waals surface area (Å²) in [6.07, 6.45) is 2.93. The molecule has 5 heteroatoms. The number of aryl methyl sites for hydroxylation is 1. The molecule has 0 radical (unpaired) electrons. The molecule has 106 valence electrons. The van der Waals surface area contributed by atoms with Gasteiger partial charge in [-0.1, -0.05) is 19.1 Å². The molecule has 1 unspecified atom stereocenters. The highest BCUT2D eigenvalue weighted by Crippen LogP contribution is 2.16. The number of rotatable bonds is 7. The van der Waals surface area contributed by atoms with Gasteiger partial charge >= 0.3 is 0 Å². The molecule has 0 saturated heterocycles. The molecular formula is C14H24N4S. The molecule has 0 fully saturated rings. The average molecular weight is 280 g/mol. The molecular weight excluding hydrogens is 256 g/mol. The fraction of sp³-hybridized carbons (Fsp3) is 0.571. The van der Waals surface area contributed by atoms with Gasteiger partial charge in [0.1, 0.15) is 10.8 Å². The summed E-state index contributed by atoms with van der Waals surface area (Å²) in [5, 5.41) is 3.33. The van der Waals surface area contributed by atoms with Crippen molar-refractivity contribution in [2.75, 3.05) is 25.5 Å². The van der Waals surface area contributed by atoms with Crippen molar-refractivity contribution in [3.8, 4) is 0 Å². The minimum atomic E-state index is 0.392. The highest BCUT2D eigenvalue weighted by Gasteiger charge is 2.10. The number of nitrogens with zero attached hydrogens (tertiary/aromatic N) is 2. The standard InChI is InChI=1S/C14H24N4S/c1-5-11(3)18(4)9-8-17-14-12(13(15)19)10(2)6-7-16-14/h6-7,11H,5,8-9H2,1-4H3,(H2,15,19)(H,16,17). The smallest absolute Gasteiger partial charge is 0.136 e. The number of likely N-dealkylation sites (N-methyl/N-ethyl adjacent to an activating group) is 1. The molecule has 0 amide bonds. The maximum absolute atomic E-state index is 5.76. The Bertz CT molecular complexity index is 433. The van der Waals surface area contributed by atoms with Gasteiger partial charge in [-0.05, 0) is 38.9 Å². The monoisotopic (exact) mass is 280 g/mol. The molecule has 4 nitrogen and oxygen atoms in total. The topological polar surface area (TPSA) is 54.2 Å². The van der Waals surface area contributed by atoms with Crippen LogP contribution in [0.4, 0.5) is 5.82 Å². The predicted octanol–water partition coefficient (Wildman–Crippen LogP) is 2.17. The van der Waals surface area contributed by atoms with Crippen LogP contribution in [0, 0.1) is 6.92 Å². The van der Waals surface area contributed by atoms with Gasteiger partial charge in [-0.2, -0.15) is 0 Å². The lowest BCUT2D eigenvalue weighted by Crippen LogP contribution is -2.33. The van der Waals surface area contributed by atoms with Gasteiger partial charge in [-0.3, -0.25) is 0 Å². The lowest BCUT2D eigenvalue weighted by molar-refractivity contribution is 0.261. The summed E-state index contributed by atoms with van der Waals surface area (Å²) < 4.78 is 0. The largest absolute Gasteiger partial charge is 0.389 e. The van der Waals surface area contributed by atoms with Gasteiger partial charge in [-0.25, -0.2) is 4.98 Å². The van der Waals surface area contributed by atoms with Crippen molar-refractivity contribution in [3.63, 3.8) is 0 Å². The van der Waals surface area contributed by atoms with E-state index in [0.717, 1.165) is 36.5 Å². The zero-order valence-corrected chi connectivity index (χ0v) is 13.0. The van der Waals surface area contributed by atoms with Gasteiger partial charge in [0.15, 0.2) is 0 Å². The Morgan fingerprint density at radius 1 is 1.58 bits per heavy atom. The van der Waals surface area contributed by atoms with Gasteiger partial charge in [0.25, 0.3) is 0 Å². The molecule has 0 aliphatic carbocycles.